The summed E-state index contributed by atoms with van der Waals surface area (Å²) >= 11 is 1.31. The van der Waals surface area contributed by atoms with Crippen LogP contribution in [0, 0.1) is 0 Å². The quantitative estimate of drug-likeness (QED) is 0.430. The van der Waals surface area contributed by atoms with Crippen molar-refractivity contribution < 1.29 is 4.79 Å². The number of carbonyl (C=O) groups excluding carboxylic acids is 1. The predicted molar refractivity (Wildman–Crippen MR) is 120 cm³/mol. The first-order chi connectivity index (χ1) is 14.9. The predicted octanol–water partition coefficient (Wildman–Crippen LogP) is 1.78. The van der Waals surface area contributed by atoms with Gasteiger partial charge < -0.3 is 4.57 Å². The number of amides is 1. The lowest BCUT2D eigenvalue weighted by atomic mass is 10.2. The summed E-state index contributed by atoms with van der Waals surface area (Å²) in [5.41, 5.74) is 1.04. The highest BCUT2D eigenvalue weighted by Crippen LogP contribution is 2.27. The molecule has 0 unspecified atom stereocenters. The molecule has 10 heteroatoms. The average Bonchev–Trinajstić information content (AvgIpc) is 3.41. The van der Waals surface area contributed by atoms with Crippen molar-refractivity contribution in [2.24, 2.45) is 14.1 Å². The van der Waals surface area contributed by atoms with Crippen LogP contribution in [-0.2, 0) is 25.4 Å². The Bertz CT molecular complexity index is 1400. The number of hydrogen-bond donors (Lipinski definition) is 0. The number of thiazole rings is 1. The van der Waals surface area contributed by atoms with Crippen molar-refractivity contribution >= 4 is 33.5 Å². The van der Waals surface area contributed by atoms with Crippen LogP contribution in [0.4, 0.5) is 5.13 Å². The Labute approximate surface area is 181 Å². The highest BCUT2D eigenvalue weighted by molar-refractivity contribution is 7.14. The number of hydrogen-bond acceptors (Lipinski definition) is 6. The minimum Gasteiger partial charge on any atom is -0.328 e. The van der Waals surface area contributed by atoms with E-state index in [0.717, 1.165) is 15.8 Å². The third-order valence-corrected chi connectivity index (χ3v) is 5.76. The summed E-state index contributed by atoms with van der Waals surface area (Å²) in [4.78, 5) is 48.9. The van der Waals surface area contributed by atoms with E-state index >= 15 is 0 Å². The summed E-state index contributed by atoms with van der Waals surface area (Å²) in [6.45, 7) is 3.49. The second-order valence-electron chi connectivity index (χ2n) is 6.93. The first-order valence-corrected chi connectivity index (χ1v) is 10.3. The van der Waals surface area contributed by atoms with Gasteiger partial charge in [-0.3, -0.25) is 19.1 Å². The second-order valence-corrected chi connectivity index (χ2v) is 7.77. The van der Waals surface area contributed by atoms with E-state index in [2.05, 4.69) is 16.5 Å². The summed E-state index contributed by atoms with van der Waals surface area (Å²) in [5.74, 6) is -0.436. The van der Waals surface area contributed by atoms with Crippen LogP contribution in [0.5, 0.6) is 0 Å². The molecular weight excluding hydrogens is 416 g/mol. The first-order valence-electron chi connectivity index (χ1n) is 9.45. The fraction of sp³-hybridized carbons (Fsp3) is 0.190. The molecule has 3 heterocycles. The molecule has 0 aliphatic heterocycles. The van der Waals surface area contributed by atoms with Crippen LogP contribution in [0.2, 0.25) is 0 Å². The van der Waals surface area contributed by atoms with Crippen LogP contribution in [0.25, 0.3) is 22.4 Å². The molecule has 0 N–H and O–H groups in total. The van der Waals surface area contributed by atoms with Crippen molar-refractivity contribution in [2.45, 2.75) is 6.54 Å². The number of rotatable bonds is 6. The van der Waals surface area contributed by atoms with Gasteiger partial charge in [0.2, 0.25) is 5.91 Å². The van der Waals surface area contributed by atoms with E-state index in [0.29, 0.717) is 5.13 Å². The zero-order valence-electron chi connectivity index (χ0n) is 17.1. The van der Waals surface area contributed by atoms with E-state index < -0.39 is 23.7 Å². The van der Waals surface area contributed by atoms with E-state index in [1.807, 2.05) is 35.7 Å². The van der Waals surface area contributed by atoms with Crippen LogP contribution in [0.1, 0.15) is 0 Å². The van der Waals surface area contributed by atoms with Gasteiger partial charge in [0.1, 0.15) is 6.54 Å². The highest BCUT2D eigenvalue weighted by atomic mass is 32.1. The maximum Gasteiger partial charge on any atom is 0.332 e. The number of anilines is 1. The van der Waals surface area contributed by atoms with Crippen LogP contribution < -0.4 is 16.1 Å². The Morgan fingerprint density at radius 2 is 1.97 bits per heavy atom. The zero-order valence-corrected chi connectivity index (χ0v) is 17.9. The number of fused-ring (bicyclic) bond motifs is 1. The zero-order chi connectivity index (χ0) is 22.1. The van der Waals surface area contributed by atoms with Gasteiger partial charge in [-0.1, -0.05) is 36.4 Å². The number of aryl methyl sites for hydroxylation is 2. The van der Waals surface area contributed by atoms with Gasteiger partial charge >= 0.3 is 5.69 Å². The maximum absolute atomic E-state index is 13.1. The van der Waals surface area contributed by atoms with Gasteiger partial charge in [-0.25, -0.2) is 19.3 Å². The Kier molecular flexibility index (Phi) is 5.38. The van der Waals surface area contributed by atoms with Crippen LogP contribution in [0.15, 0.2) is 64.3 Å². The number of nitrogens with zero attached hydrogens (tertiary/aromatic N) is 6. The molecule has 0 saturated carbocycles. The fourth-order valence-corrected chi connectivity index (χ4v) is 4.16. The van der Waals surface area contributed by atoms with Crippen molar-refractivity contribution in [3.63, 3.8) is 0 Å². The van der Waals surface area contributed by atoms with Crippen molar-refractivity contribution in [2.75, 3.05) is 11.4 Å². The van der Waals surface area contributed by atoms with Crippen LogP contribution in [0.3, 0.4) is 0 Å². The highest BCUT2D eigenvalue weighted by Gasteiger charge is 2.22. The molecule has 4 rings (SSSR count). The molecule has 1 amide bonds. The summed E-state index contributed by atoms with van der Waals surface area (Å²) in [5, 5.41) is 2.33. The Balaban J connectivity index is 1.70. The number of carbonyl (C=O) groups is 1. The normalized spacial score (nSPS) is 11.0. The molecule has 0 spiro atoms. The SMILES string of the molecule is C=CCN(C(=O)Cn1c(=O)c2c(ncn2C)n(C)c1=O)c1nc(-c2ccccc2)cs1. The molecule has 0 aliphatic carbocycles. The van der Waals surface area contributed by atoms with Crippen LogP contribution >= 0.6 is 11.3 Å². The molecule has 158 valence electrons. The van der Waals surface area contributed by atoms with Gasteiger partial charge in [0.25, 0.3) is 5.56 Å². The molecule has 1 aromatic carbocycles. The minimum absolute atomic E-state index is 0.198. The summed E-state index contributed by atoms with van der Waals surface area (Å²) < 4.78 is 3.72. The second kappa shape index (κ2) is 8.15. The molecule has 9 nitrogen and oxygen atoms in total. The van der Waals surface area contributed by atoms with Crippen LogP contribution in [-0.4, -0.2) is 36.1 Å². The van der Waals surface area contributed by atoms with Crippen molar-refractivity contribution in [3.8, 4) is 11.3 Å². The molecule has 0 bridgehead atoms. The largest absolute Gasteiger partial charge is 0.332 e. The van der Waals surface area contributed by atoms with Crippen molar-refractivity contribution in [1.29, 1.82) is 0 Å². The van der Waals surface area contributed by atoms with Gasteiger partial charge in [0, 0.05) is 31.6 Å². The first kappa shape index (κ1) is 20.5. The Morgan fingerprint density at radius 1 is 1.23 bits per heavy atom. The van der Waals surface area contributed by atoms with Gasteiger partial charge in [-0.15, -0.1) is 17.9 Å². The fourth-order valence-electron chi connectivity index (χ4n) is 3.30. The van der Waals surface area contributed by atoms with Gasteiger partial charge in [-0.2, -0.15) is 0 Å². The third-order valence-electron chi connectivity index (χ3n) is 4.90. The number of benzene rings is 1. The molecule has 4 aromatic rings. The Hall–Kier alpha value is -3.79. The van der Waals surface area contributed by atoms with Gasteiger partial charge in [0.15, 0.2) is 16.3 Å². The molecule has 31 heavy (non-hydrogen) atoms. The van der Waals surface area contributed by atoms with Crippen molar-refractivity contribution in [3.05, 3.63) is 75.5 Å². The van der Waals surface area contributed by atoms with Gasteiger partial charge in [-0.05, 0) is 0 Å². The lowest BCUT2D eigenvalue weighted by Crippen LogP contribution is -2.44. The molecule has 3 aromatic heterocycles. The van der Waals surface area contributed by atoms with E-state index in [9.17, 15) is 14.4 Å². The van der Waals surface area contributed by atoms with E-state index in [4.69, 9.17) is 0 Å². The molecule has 0 fully saturated rings. The average molecular weight is 436 g/mol. The molecular formula is C21H20N6O3S. The lowest BCUT2D eigenvalue weighted by molar-refractivity contribution is -0.119. The summed E-state index contributed by atoms with van der Waals surface area (Å²) in [6, 6.07) is 9.62. The third kappa shape index (κ3) is 3.61. The summed E-state index contributed by atoms with van der Waals surface area (Å²) in [7, 11) is 3.19. The minimum atomic E-state index is -0.604. The topological polar surface area (TPSA) is 95.0 Å². The lowest BCUT2D eigenvalue weighted by Gasteiger charge is -2.18. The molecule has 0 radical (unpaired) electrons. The molecule has 0 atom stereocenters. The summed E-state index contributed by atoms with van der Waals surface area (Å²) in [6.07, 6.45) is 3.04. The number of aromatic nitrogens is 5. The van der Waals surface area contributed by atoms with E-state index in [-0.39, 0.29) is 17.7 Å². The standard InChI is InChI=1S/C21H20N6O3S/c1-4-10-26(20-23-15(12-31-20)14-8-6-5-7-9-14)16(28)11-27-19(29)17-18(22-13-24(17)2)25(3)21(27)30/h4-9,12-13H,1,10-11H2,2-3H3. The van der Waals surface area contributed by atoms with Gasteiger partial charge in [0.05, 0.1) is 12.0 Å². The van der Waals surface area contributed by atoms with E-state index in [1.165, 1.54) is 38.7 Å². The van der Waals surface area contributed by atoms with Crippen molar-refractivity contribution in [1.82, 2.24) is 23.7 Å². The monoisotopic (exact) mass is 436 g/mol. The molecule has 0 saturated heterocycles. The smallest absolute Gasteiger partial charge is 0.328 e. The molecule has 0 aliphatic rings. The Morgan fingerprint density at radius 3 is 2.68 bits per heavy atom. The van der Waals surface area contributed by atoms with E-state index in [1.54, 1.807) is 13.1 Å². The maximum atomic E-state index is 13.1. The number of imidazole rings is 1.